The van der Waals surface area contributed by atoms with Crippen molar-refractivity contribution in [2.75, 3.05) is 6.61 Å². The van der Waals surface area contributed by atoms with Gasteiger partial charge in [-0.05, 0) is 36.6 Å². The van der Waals surface area contributed by atoms with E-state index in [0.717, 1.165) is 30.8 Å². The van der Waals surface area contributed by atoms with Gasteiger partial charge in [0.2, 0.25) is 0 Å². The SMILES string of the molecule is NNC(C1=CCCCO1)c1cccc(Cl)c1. The average molecular weight is 239 g/mol. The number of nitrogens with two attached hydrogens (primary N) is 1. The Bertz CT molecular complexity index is 392. The molecule has 1 unspecified atom stereocenters. The molecule has 1 atom stereocenters. The van der Waals surface area contributed by atoms with Gasteiger partial charge >= 0.3 is 0 Å². The zero-order chi connectivity index (χ0) is 11.4. The summed E-state index contributed by atoms with van der Waals surface area (Å²) in [6, 6.07) is 7.51. The molecule has 16 heavy (non-hydrogen) atoms. The Morgan fingerprint density at radius 2 is 2.31 bits per heavy atom. The summed E-state index contributed by atoms with van der Waals surface area (Å²) in [6.07, 6.45) is 4.18. The van der Waals surface area contributed by atoms with Crippen molar-refractivity contribution >= 4 is 11.6 Å². The molecule has 2 rings (SSSR count). The normalized spacial score (nSPS) is 17.5. The van der Waals surface area contributed by atoms with Crippen molar-refractivity contribution in [1.82, 2.24) is 5.43 Å². The molecule has 1 heterocycles. The highest BCUT2D eigenvalue weighted by atomic mass is 35.5. The maximum absolute atomic E-state index is 5.96. The smallest absolute Gasteiger partial charge is 0.115 e. The first kappa shape index (κ1) is 11.5. The minimum atomic E-state index is -0.112. The van der Waals surface area contributed by atoms with Crippen LogP contribution in [-0.4, -0.2) is 6.61 Å². The lowest BCUT2D eigenvalue weighted by Gasteiger charge is -2.23. The maximum Gasteiger partial charge on any atom is 0.115 e. The van der Waals surface area contributed by atoms with E-state index in [2.05, 4.69) is 11.5 Å². The van der Waals surface area contributed by atoms with Crippen molar-refractivity contribution in [3.63, 3.8) is 0 Å². The van der Waals surface area contributed by atoms with Gasteiger partial charge in [0, 0.05) is 5.02 Å². The van der Waals surface area contributed by atoms with Crippen molar-refractivity contribution in [1.29, 1.82) is 0 Å². The number of benzene rings is 1. The number of allylic oxidation sites excluding steroid dienone is 1. The molecular formula is C12H15ClN2O. The lowest BCUT2D eigenvalue weighted by Crippen LogP contribution is -2.31. The molecule has 0 aromatic heterocycles. The van der Waals surface area contributed by atoms with Crippen LogP contribution in [0.5, 0.6) is 0 Å². The molecule has 86 valence electrons. The van der Waals surface area contributed by atoms with E-state index in [-0.39, 0.29) is 6.04 Å². The van der Waals surface area contributed by atoms with Gasteiger partial charge in [-0.25, -0.2) is 5.43 Å². The highest BCUT2D eigenvalue weighted by molar-refractivity contribution is 6.30. The number of nitrogens with one attached hydrogen (secondary N) is 1. The predicted molar refractivity (Wildman–Crippen MR) is 64.8 cm³/mol. The zero-order valence-electron chi connectivity index (χ0n) is 8.95. The summed E-state index contributed by atoms with van der Waals surface area (Å²) in [6.45, 7) is 0.755. The van der Waals surface area contributed by atoms with Crippen LogP contribution >= 0.6 is 11.6 Å². The van der Waals surface area contributed by atoms with E-state index >= 15 is 0 Å². The molecule has 0 saturated heterocycles. The van der Waals surface area contributed by atoms with Crippen LogP contribution in [0.25, 0.3) is 0 Å². The van der Waals surface area contributed by atoms with E-state index in [9.17, 15) is 0 Å². The number of rotatable bonds is 3. The second-order valence-corrected chi connectivity index (χ2v) is 4.19. The van der Waals surface area contributed by atoms with Crippen LogP contribution in [0.15, 0.2) is 36.1 Å². The molecule has 0 spiro atoms. The highest BCUT2D eigenvalue weighted by Gasteiger charge is 2.18. The van der Waals surface area contributed by atoms with Gasteiger partial charge in [0.05, 0.1) is 6.61 Å². The number of halogens is 1. The Balaban J connectivity index is 2.25. The molecule has 1 aliphatic rings. The molecule has 0 aliphatic carbocycles. The molecular weight excluding hydrogens is 224 g/mol. The summed E-state index contributed by atoms with van der Waals surface area (Å²) < 4.78 is 5.60. The van der Waals surface area contributed by atoms with Gasteiger partial charge in [-0.3, -0.25) is 5.84 Å². The molecule has 1 aromatic carbocycles. The summed E-state index contributed by atoms with van der Waals surface area (Å²) in [5, 5.41) is 0.703. The van der Waals surface area contributed by atoms with Gasteiger partial charge in [-0.15, -0.1) is 0 Å². The minimum Gasteiger partial charge on any atom is -0.496 e. The fraction of sp³-hybridized carbons (Fsp3) is 0.333. The van der Waals surface area contributed by atoms with Crippen LogP contribution in [0.1, 0.15) is 24.4 Å². The van der Waals surface area contributed by atoms with Crippen LogP contribution in [0, 0.1) is 0 Å². The van der Waals surface area contributed by atoms with E-state index in [4.69, 9.17) is 22.2 Å². The fourth-order valence-electron chi connectivity index (χ4n) is 1.81. The van der Waals surface area contributed by atoms with Crippen molar-refractivity contribution in [3.05, 3.63) is 46.7 Å². The molecule has 3 nitrogen and oxygen atoms in total. The molecule has 0 radical (unpaired) electrons. The largest absolute Gasteiger partial charge is 0.496 e. The van der Waals surface area contributed by atoms with Crippen LogP contribution < -0.4 is 11.3 Å². The highest BCUT2D eigenvalue weighted by Crippen LogP contribution is 2.26. The Kier molecular flexibility index (Phi) is 3.83. The van der Waals surface area contributed by atoms with Crippen molar-refractivity contribution in [2.45, 2.75) is 18.9 Å². The van der Waals surface area contributed by atoms with Crippen LogP contribution in [0.4, 0.5) is 0 Å². The monoisotopic (exact) mass is 238 g/mol. The van der Waals surface area contributed by atoms with E-state index in [1.54, 1.807) is 0 Å². The maximum atomic E-state index is 5.96. The molecule has 1 aliphatic heterocycles. The van der Waals surface area contributed by atoms with Gasteiger partial charge in [-0.2, -0.15) is 0 Å². The van der Waals surface area contributed by atoms with Crippen molar-refractivity contribution < 1.29 is 4.74 Å². The summed E-state index contributed by atoms with van der Waals surface area (Å²) in [7, 11) is 0. The summed E-state index contributed by atoms with van der Waals surface area (Å²) in [5.74, 6) is 6.46. The van der Waals surface area contributed by atoms with E-state index in [1.165, 1.54) is 0 Å². The van der Waals surface area contributed by atoms with Crippen molar-refractivity contribution in [2.24, 2.45) is 5.84 Å². The Labute approximate surface area is 100 Å². The quantitative estimate of drug-likeness (QED) is 0.629. The lowest BCUT2D eigenvalue weighted by molar-refractivity contribution is 0.168. The van der Waals surface area contributed by atoms with E-state index in [1.807, 2.05) is 24.3 Å². The second-order valence-electron chi connectivity index (χ2n) is 3.75. The molecule has 0 amide bonds. The summed E-state index contributed by atoms with van der Waals surface area (Å²) in [5.41, 5.74) is 3.78. The second kappa shape index (κ2) is 5.34. The zero-order valence-corrected chi connectivity index (χ0v) is 9.70. The molecule has 1 aromatic rings. The van der Waals surface area contributed by atoms with Gasteiger partial charge in [0.25, 0.3) is 0 Å². The molecule has 3 N–H and O–H groups in total. The van der Waals surface area contributed by atoms with Gasteiger partial charge < -0.3 is 4.74 Å². The third kappa shape index (κ3) is 2.55. The Morgan fingerprint density at radius 1 is 1.44 bits per heavy atom. The first-order chi connectivity index (χ1) is 7.81. The Hall–Kier alpha value is -1.03. The van der Waals surface area contributed by atoms with Crippen LogP contribution in [0.3, 0.4) is 0 Å². The number of ether oxygens (including phenoxy) is 1. The lowest BCUT2D eigenvalue weighted by atomic mass is 10.0. The van der Waals surface area contributed by atoms with E-state index < -0.39 is 0 Å². The predicted octanol–water partition coefficient (Wildman–Crippen LogP) is 2.54. The standard InChI is InChI=1S/C12H15ClN2O/c13-10-5-3-4-9(8-10)12(15-14)11-6-1-2-7-16-11/h3-6,8,12,15H,1-2,7,14H2. The third-order valence-corrected chi connectivity index (χ3v) is 2.83. The molecule has 4 heteroatoms. The average Bonchev–Trinajstić information content (AvgIpc) is 2.31. The van der Waals surface area contributed by atoms with Crippen LogP contribution in [0.2, 0.25) is 5.02 Å². The summed E-state index contributed by atoms with van der Waals surface area (Å²) >= 11 is 5.96. The van der Waals surface area contributed by atoms with Gasteiger partial charge in [0.1, 0.15) is 11.8 Å². The third-order valence-electron chi connectivity index (χ3n) is 2.60. The van der Waals surface area contributed by atoms with Crippen LogP contribution in [-0.2, 0) is 4.74 Å². The molecule has 0 bridgehead atoms. The van der Waals surface area contributed by atoms with Gasteiger partial charge in [0.15, 0.2) is 0 Å². The fourth-order valence-corrected chi connectivity index (χ4v) is 2.01. The number of hydrazine groups is 1. The van der Waals surface area contributed by atoms with Gasteiger partial charge in [-0.1, -0.05) is 23.7 Å². The molecule has 0 fully saturated rings. The number of hydrogen-bond donors (Lipinski definition) is 2. The first-order valence-electron chi connectivity index (χ1n) is 5.35. The summed E-state index contributed by atoms with van der Waals surface area (Å²) in [4.78, 5) is 0. The first-order valence-corrected chi connectivity index (χ1v) is 5.73. The topological polar surface area (TPSA) is 47.3 Å². The Morgan fingerprint density at radius 3 is 2.94 bits per heavy atom. The van der Waals surface area contributed by atoms with Crippen molar-refractivity contribution in [3.8, 4) is 0 Å². The minimum absolute atomic E-state index is 0.112. The number of hydrogen-bond acceptors (Lipinski definition) is 3. The molecule has 0 saturated carbocycles. The van der Waals surface area contributed by atoms with E-state index in [0.29, 0.717) is 5.02 Å².